The number of unbranched alkanes of at least 4 members (excludes halogenated alkanes) is 4. The summed E-state index contributed by atoms with van der Waals surface area (Å²) in [6, 6.07) is 23.4. The molecule has 3 nitrogen and oxygen atoms in total. The number of anilines is 1. The van der Waals surface area contributed by atoms with Gasteiger partial charge in [-0.1, -0.05) is 81.2 Å². The van der Waals surface area contributed by atoms with Crippen molar-refractivity contribution in [3.05, 3.63) is 96.2 Å². The zero-order valence-electron chi connectivity index (χ0n) is 19.0. The summed E-state index contributed by atoms with van der Waals surface area (Å²) in [4.78, 5) is 0. The quantitative estimate of drug-likeness (QED) is 0.334. The molecular weight excluding hydrogens is 392 g/mol. The molecule has 0 aromatic heterocycles. The molecule has 0 amide bonds. The molecule has 166 valence electrons. The van der Waals surface area contributed by atoms with Crippen LogP contribution in [0.25, 0.3) is 10.8 Å². The van der Waals surface area contributed by atoms with E-state index in [1.54, 1.807) is 0 Å². The SMILES string of the molecule is CCCCCCCOc1ccc2cc(C3(Nc4ccccc4)C=CC(N)=CC3)ccc2c1. The number of para-hydroxylation sites is 1. The van der Waals surface area contributed by atoms with Crippen molar-refractivity contribution in [2.24, 2.45) is 5.73 Å². The second kappa shape index (κ2) is 10.4. The fourth-order valence-electron chi connectivity index (χ4n) is 4.30. The molecule has 0 bridgehead atoms. The molecule has 0 saturated carbocycles. The predicted molar refractivity (Wildman–Crippen MR) is 136 cm³/mol. The number of nitrogens with two attached hydrogens (primary N) is 1. The molecule has 3 heteroatoms. The van der Waals surface area contributed by atoms with Crippen LogP contribution in [0.5, 0.6) is 5.75 Å². The van der Waals surface area contributed by atoms with Gasteiger partial charge >= 0.3 is 0 Å². The number of nitrogens with one attached hydrogen (secondary N) is 1. The van der Waals surface area contributed by atoms with Crippen LogP contribution in [0.1, 0.15) is 51.0 Å². The van der Waals surface area contributed by atoms with Gasteiger partial charge in [0.1, 0.15) is 5.75 Å². The van der Waals surface area contributed by atoms with Crippen molar-refractivity contribution in [2.75, 3.05) is 11.9 Å². The second-order valence-electron chi connectivity index (χ2n) is 8.69. The number of hydrogen-bond donors (Lipinski definition) is 2. The number of hydrogen-bond acceptors (Lipinski definition) is 3. The summed E-state index contributed by atoms with van der Waals surface area (Å²) in [5, 5.41) is 6.15. The minimum atomic E-state index is -0.327. The summed E-state index contributed by atoms with van der Waals surface area (Å²) in [6.07, 6.45) is 13.3. The third kappa shape index (κ3) is 5.34. The first-order valence-corrected chi connectivity index (χ1v) is 11.8. The molecule has 1 aliphatic carbocycles. The topological polar surface area (TPSA) is 47.3 Å². The van der Waals surface area contributed by atoms with Crippen molar-refractivity contribution < 1.29 is 4.74 Å². The normalized spacial score (nSPS) is 17.8. The summed E-state index contributed by atoms with van der Waals surface area (Å²) in [5.74, 6) is 0.950. The third-order valence-electron chi connectivity index (χ3n) is 6.20. The monoisotopic (exact) mass is 426 g/mol. The van der Waals surface area contributed by atoms with Gasteiger partial charge in [-0.05, 0) is 65.6 Å². The van der Waals surface area contributed by atoms with Gasteiger partial charge in [-0.2, -0.15) is 0 Å². The molecule has 0 aliphatic heterocycles. The minimum Gasteiger partial charge on any atom is -0.494 e. The Kier molecular flexibility index (Phi) is 7.16. The van der Waals surface area contributed by atoms with Crippen molar-refractivity contribution in [3.8, 4) is 5.75 Å². The summed E-state index contributed by atoms with van der Waals surface area (Å²) in [7, 11) is 0. The summed E-state index contributed by atoms with van der Waals surface area (Å²) >= 11 is 0. The van der Waals surface area contributed by atoms with E-state index in [1.165, 1.54) is 42.0 Å². The second-order valence-corrected chi connectivity index (χ2v) is 8.69. The molecule has 0 radical (unpaired) electrons. The highest BCUT2D eigenvalue weighted by atomic mass is 16.5. The van der Waals surface area contributed by atoms with Gasteiger partial charge in [-0.25, -0.2) is 0 Å². The van der Waals surface area contributed by atoms with Gasteiger partial charge in [0.15, 0.2) is 0 Å². The molecule has 1 unspecified atom stereocenters. The zero-order chi connectivity index (χ0) is 22.2. The molecule has 3 aromatic rings. The molecule has 1 atom stereocenters. The van der Waals surface area contributed by atoms with Gasteiger partial charge in [-0.3, -0.25) is 0 Å². The first-order valence-electron chi connectivity index (χ1n) is 11.8. The lowest BCUT2D eigenvalue weighted by Gasteiger charge is -2.35. The number of rotatable bonds is 10. The Morgan fingerprint density at radius 3 is 2.47 bits per heavy atom. The molecule has 3 aromatic carbocycles. The van der Waals surface area contributed by atoms with E-state index in [0.29, 0.717) is 0 Å². The maximum absolute atomic E-state index is 6.04. The van der Waals surface area contributed by atoms with E-state index in [4.69, 9.17) is 10.5 Å². The van der Waals surface area contributed by atoms with Crippen LogP contribution in [-0.2, 0) is 5.54 Å². The van der Waals surface area contributed by atoms with Crippen molar-refractivity contribution in [3.63, 3.8) is 0 Å². The highest BCUT2D eigenvalue weighted by Crippen LogP contribution is 2.36. The highest BCUT2D eigenvalue weighted by molar-refractivity contribution is 5.85. The Morgan fingerprint density at radius 1 is 0.906 bits per heavy atom. The van der Waals surface area contributed by atoms with Crippen LogP contribution < -0.4 is 15.8 Å². The molecule has 3 N–H and O–H groups in total. The first kappa shape index (κ1) is 22.0. The lowest BCUT2D eigenvalue weighted by atomic mass is 9.82. The van der Waals surface area contributed by atoms with E-state index >= 15 is 0 Å². The van der Waals surface area contributed by atoms with Crippen LogP contribution in [-0.4, -0.2) is 6.61 Å². The number of ether oxygens (including phenoxy) is 1. The Morgan fingerprint density at radius 2 is 1.69 bits per heavy atom. The van der Waals surface area contributed by atoms with Gasteiger partial charge in [0.25, 0.3) is 0 Å². The van der Waals surface area contributed by atoms with Crippen LogP contribution in [0.2, 0.25) is 0 Å². The summed E-state index contributed by atoms with van der Waals surface area (Å²) in [5.41, 5.74) is 8.84. The number of benzene rings is 3. The van der Waals surface area contributed by atoms with Crippen LogP contribution in [0.4, 0.5) is 5.69 Å². The maximum atomic E-state index is 6.04. The Hall–Kier alpha value is -3.20. The Balaban J connectivity index is 1.52. The van der Waals surface area contributed by atoms with Crippen LogP contribution >= 0.6 is 0 Å². The Labute approximate surface area is 192 Å². The average Bonchev–Trinajstić information content (AvgIpc) is 2.83. The molecule has 1 aliphatic rings. The van der Waals surface area contributed by atoms with Gasteiger partial charge in [0.2, 0.25) is 0 Å². The molecule has 0 fully saturated rings. The van der Waals surface area contributed by atoms with Crippen molar-refractivity contribution >= 4 is 16.5 Å². The third-order valence-corrected chi connectivity index (χ3v) is 6.20. The van der Waals surface area contributed by atoms with Crippen LogP contribution in [0, 0.1) is 0 Å². The number of fused-ring (bicyclic) bond motifs is 1. The largest absolute Gasteiger partial charge is 0.494 e. The first-order chi connectivity index (χ1) is 15.7. The van der Waals surface area contributed by atoms with E-state index in [9.17, 15) is 0 Å². The predicted octanol–water partition coefficient (Wildman–Crippen LogP) is 7.30. The highest BCUT2D eigenvalue weighted by Gasteiger charge is 2.30. The van der Waals surface area contributed by atoms with Crippen molar-refractivity contribution in [1.29, 1.82) is 0 Å². The number of allylic oxidation sites excluding steroid dienone is 1. The van der Waals surface area contributed by atoms with Gasteiger partial charge in [-0.15, -0.1) is 0 Å². The zero-order valence-corrected chi connectivity index (χ0v) is 19.0. The van der Waals surface area contributed by atoms with E-state index in [0.717, 1.165) is 36.6 Å². The smallest absolute Gasteiger partial charge is 0.119 e. The average molecular weight is 427 g/mol. The minimum absolute atomic E-state index is 0.327. The van der Waals surface area contributed by atoms with Gasteiger partial charge in [0.05, 0.1) is 12.1 Å². The Bertz CT molecular complexity index is 1090. The lowest BCUT2D eigenvalue weighted by molar-refractivity contribution is 0.305. The van der Waals surface area contributed by atoms with E-state index in [-0.39, 0.29) is 5.54 Å². The lowest BCUT2D eigenvalue weighted by Crippen LogP contribution is -2.34. The molecule has 0 heterocycles. The maximum Gasteiger partial charge on any atom is 0.119 e. The molecule has 0 saturated heterocycles. The van der Waals surface area contributed by atoms with E-state index in [1.807, 2.05) is 12.1 Å². The van der Waals surface area contributed by atoms with E-state index < -0.39 is 0 Å². The van der Waals surface area contributed by atoms with Gasteiger partial charge < -0.3 is 15.8 Å². The summed E-state index contributed by atoms with van der Waals surface area (Å²) < 4.78 is 6.01. The van der Waals surface area contributed by atoms with Crippen molar-refractivity contribution in [1.82, 2.24) is 0 Å². The van der Waals surface area contributed by atoms with E-state index in [2.05, 4.69) is 85.1 Å². The molecule has 0 spiro atoms. The fraction of sp³-hybridized carbons (Fsp3) is 0.310. The molecule has 32 heavy (non-hydrogen) atoms. The molecular formula is C29H34N2O. The molecule has 4 rings (SSSR count). The van der Waals surface area contributed by atoms with Crippen LogP contribution in [0.3, 0.4) is 0 Å². The van der Waals surface area contributed by atoms with Gasteiger partial charge in [0, 0.05) is 11.4 Å². The standard InChI is InChI=1S/C29H34N2O/c1-2-3-4-5-9-20-32-28-15-13-23-21-25(14-12-24(23)22-28)29(18-16-26(30)17-19-29)31-27-10-7-6-8-11-27/h6-8,10-18,21-22,31H,2-5,9,19-20,30H2,1H3. The van der Waals surface area contributed by atoms with Crippen molar-refractivity contribution in [2.45, 2.75) is 51.0 Å². The van der Waals surface area contributed by atoms with Crippen LogP contribution in [0.15, 0.2) is 90.7 Å². The summed E-state index contributed by atoms with van der Waals surface area (Å²) in [6.45, 7) is 3.03. The fourth-order valence-corrected chi connectivity index (χ4v) is 4.30.